The Morgan fingerprint density at radius 3 is 2.61 bits per heavy atom. The zero-order valence-electron chi connectivity index (χ0n) is 9.21. The number of nitrogens with zero attached hydrogens (tertiary/aromatic N) is 1. The molecule has 0 amide bonds. The molecule has 0 aliphatic heterocycles. The molecule has 0 atom stereocenters. The Bertz CT molecular complexity index is 669. The van der Waals surface area contributed by atoms with Crippen LogP contribution in [0.3, 0.4) is 0 Å². The summed E-state index contributed by atoms with van der Waals surface area (Å²) < 4.78 is 5.02. The lowest BCUT2D eigenvalue weighted by Crippen LogP contribution is -2.15. The monoisotopic (exact) mass is 240 g/mol. The minimum Gasteiger partial charge on any atom is -0.421 e. The van der Waals surface area contributed by atoms with Crippen LogP contribution in [-0.2, 0) is 0 Å². The Kier molecular flexibility index (Phi) is 3.21. The lowest BCUT2D eigenvalue weighted by Gasteiger charge is -2.04. The van der Waals surface area contributed by atoms with E-state index in [9.17, 15) is 9.59 Å². The van der Waals surface area contributed by atoms with Gasteiger partial charge in [0.2, 0.25) is 0 Å². The van der Waals surface area contributed by atoms with E-state index in [1.54, 1.807) is 36.4 Å². The van der Waals surface area contributed by atoms with Crippen molar-refractivity contribution >= 4 is 5.97 Å². The van der Waals surface area contributed by atoms with E-state index in [-0.39, 0.29) is 11.3 Å². The lowest BCUT2D eigenvalue weighted by atomic mass is 10.2. The number of nitrogens with one attached hydrogen (secondary N) is 1. The van der Waals surface area contributed by atoms with Crippen molar-refractivity contribution in [2.45, 2.75) is 0 Å². The number of aromatic amines is 1. The van der Waals surface area contributed by atoms with Gasteiger partial charge < -0.3 is 9.72 Å². The predicted octanol–water partition coefficient (Wildman–Crippen LogP) is 1.47. The van der Waals surface area contributed by atoms with Crippen LogP contribution in [0.1, 0.15) is 15.9 Å². The Labute approximate surface area is 102 Å². The highest BCUT2D eigenvalue weighted by molar-refractivity contribution is 5.91. The molecule has 0 unspecified atom stereocenters. The standard InChI is InChI=1S/C13H8N2O3/c14-8-10-11(6-7-15-12(10)16)18-13(17)9-4-2-1-3-5-9/h1-7H,(H,15,16). The number of hydrogen-bond donors (Lipinski definition) is 1. The molecule has 0 radical (unpaired) electrons. The van der Waals surface area contributed by atoms with Crippen molar-refractivity contribution in [3.05, 3.63) is 64.1 Å². The van der Waals surface area contributed by atoms with Crippen molar-refractivity contribution in [2.24, 2.45) is 0 Å². The van der Waals surface area contributed by atoms with Crippen molar-refractivity contribution in [3.63, 3.8) is 0 Å². The van der Waals surface area contributed by atoms with E-state index in [1.165, 1.54) is 12.3 Å². The average Bonchev–Trinajstić information content (AvgIpc) is 2.40. The van der Waals surface area contributed by atoms with E-state index < -0.39 is 11.5 Å². The minimum absolute atomic E-state index is 0.0462. The molecule has 1 aromatic carbocycles. The first-order chi connectivity index (χ1) is 8.72. The molecule has 5 heteroatoms. The molecule has 1 aromatic heterocycles. The fourth-order valence-corrected chi connectivity index (χ4v) is 1.38. The van der Waals surface area contributed by atoms with Crippen LogP contribution in [0.4, 0.5) is 0 Å². The number of aromatic nitrogens is 1. The van der Waals surface area contributed by atoms with Gasteiger partial charge in [-0.2, -0.15) is 5.26 Å². The van der Waals surface area contributed by atoms with Crippen LogP contribution < -0.4 is 10.3 Å². The van der Waals surface area contributed by atoms with Gasteiger partial charge in [0.25, 0.3) is 5.56 Å². The van der Waals surface area contributed by atoms with Gasteiger partial charge >= 0.3 is 5.97 Å². The number of esters is 1. The maximum atomic E-state index is 11.7. The Morgan fingerprint density at radius 1 is 1.22 bits per heavy atom. The third kappa shape index (κ3) is 2.28. The number of H-pyrrole nitrogens is 1. The molecule has 2 rings (SSSR count). The summed E-state index contributed by atoms with van der Waals surface area (Å²) in [6.45, 7) is 0. The second-order valence-corrected chi connectivity index (χ2v) is 3.41. The fraction of sp³-hybridized carbons (Fsp3) is 0. The molecule has 1 N–H and O–H groups in total. The van der Waals surface area contributed by atoms with Crippen LogP contribution in [-0.4, -0.2) is 11.0 Å². The molecule has 0 spiro atoms. The lowest BCUT2D eigenvalue weighted by molar-refractivity contribution is 0.0734. The van der Waals surface area contributed by atoms with Crippen LogP contribution in [0, 0.1) is 11.3 Å². The van der Waals surface area contributed by atoms with Crippen LogP contribution in [0.25, 0.3) is 0 Å². The van der Waals surface area contributed by atoms with E-state index >= 15 is 0 Å². The molecular formula is C13H8N2O3. The van der Waals surface area contributed by atoms with Gasteiger partial charge in [-0.25, -0.2) is 4.79 Å². The second-order valence-electron chi connectivity index (χ2n) is 3.41. The van der Waals surface area contributed by atoms with Gasteiger partial charge in [0.15, 0.2) is 11.3 Å². The van der Waals surface area contributed by atoms with E-state index in [1.807, 2.05) is 0 Å². The molecule has 0 saturated carbocycles. The number of benzene rings is 1. The molecule has 0 fully saturated rings. The van der Waals surface area contributed by atoms with Crippen LogP contribution in [0.5, 0.6) is 5.75 Å². The van der Waals surface area contributed by atoms with Gasteiger partial charge in [-0.1, -0.05) is 18.2 Å². The number of carbonyl (C=O) groups excluding carboxylic acids is 1. The number of hydrogen-bond acceptors (Lipinski definition) is 4. The zero-order valence-corrected chi connectivity index (χ0v) is 9.21. The number of rotatable bonds is 2. The summed E-state index contributed by atoms with van der Waals surface area (Å²) >= 11 is 0. The van der Waals surface area contributed by atoms with Crippen molar-refractivity contribution in [1.29, 1.82) is 5.26 Å². The maximum Gasteiger partial charge on any atom is 0.343 e. The summed E-state index contributed by atoms with van der Waals surface area (Å²) in [5, 5.41) is 8.82. The number of pyridine rings is 1. The predicted molar refractivity (Wildman–Crippen MR) is 63.2 cm³/mol. The molecule has 5 nitrogen and oxygen atoms in total. The molecule has 1 heterocycles. The zero-order chi connectivity index (χ0) is 13.0. The maximum absolute atomic E-state index is 11.7. The summed E-state index contributed by atoms with van der Waals surface area (Å²) in [7, 11) is 0. The molecule has 0 bridgehead atoms. The molecule has 2 aromatic rings. The van der Waals surface area contributed by atoms with Crippen molar-refractivity contribution < 1.29 is 9.53 Å². The first-order valence-electron chi connectivity index (χ1n) is 5.11. The Morgan fingerprint density at radius 2 is 1.94 bits per heavy atom. The largest absolute Gasteiger partial charge is 0.421 e. The summed E-state index contributed by atoms with van der Waals surface area (Å²) in [5.74, 6) is -0.659. The van der Waals surface area contributed by atoms with Gasteiger partial charge in [0, 0.05) is 6.20 Å². The molecule has 0 saturated heterocycles. The quantitative estimate of drug-likeness (QED) is 0.805. The fourth-order valence-electron chi connectivity index (χ4n) is 1.38. The van der Waals surface area contributed by atoms with Gasteiger partial charge in [-0.15, -0.1) is 0 Å². The smallest absolute Gasteiger partial charge is 0.343 e. The normalized spacial score (nSPS) is 9.50. The van der Waals surface area contributed by atoms with Gasteiger partial charge in [-0.05, 0) is 18.2 Å². The molecular weight excluding hydrogens is 232 g/mol. The van der Waals surface area contributed by atoms with Crippen LogP contribution in [0.15, 0.2) is 47.4 Å². The average molecular weight is 240 g/mol. The van der Waals surface area contributed by atoms with Crippen molar-refractivity contribution in [3.8, 4) is 11.8 Å². The van der Waals surface area contributed by atoms with Crippen LogP contribution in [0.2, 0.25) is 0 Å². The highest BCUT2D eigenvalue weighted by Crippen LogP contribution is 2.14. The topological polar surface area (TPSA) is 82.9 Å². The summed E-state index contributed by atoms with van der Waals surface area (Å²) in [6.07, 6.45) is 1.32. The van der Waals surface area contributed by atoms with Gasteiger partial charge in [-0.3, -0.25) is 4.79 Å². The van der Waals surface area contributed by atoms with E-state index in [0.717, 1.165) is 0 Å². The number of carbonyl (C=O) groups is 1. The number of nitriles is 1. The Hall–Kier alpha value is -2.87. The van der Waals surface area contributed by atoms with Gasteiger partial charge in [0.1, 0.15) is 6.07 Å². The van der Waals surface area contributed by atoms with E-state index in [2.05, 4.69) is 4.98 Å². The highest BCUT2D eigenvalue weighted by atomic mass is 16.5. The first-order valence-corrected chi connectivity index (χ1v) is 5.11. The van der Waals surface area contributed by atoms with Crippen LogP contribution >= 0.6 is 0 Å². The van der Waals surface area contributed by atoms with Gasteiger partial charge in [0.05, 0.1) is 5.56 Å². The third-order valence-corrected chi connectivity index (χ3v) is 2.25. The molecule has 0 aliphatic rings. The SMILES string of the molecule is N#Cc1c(OC(=O)c2ccccc2)cc[nH]c1=O. The van der Waals surface area contributed by atoms with E-state index in [0.29, 0.717) is 5.56 Å². The Balaban J connectivity index is 2.32. The van der Waals surface area contributed by atoms with Crippen molar-refractivity contribution in [1.82, 2.24) is 4.98 Å². The first kappa shape index (κ1) is 11.6. The number of ether oxygens (including phenoxy) is 1. The van der Waals surface area contributed by atoms with Crippen molar-refractivity contribution in [2.75, 3.05) is 0 Å². The second kappa shape index (κ2) is 4.97. The molecule has 0 aliphatic carbocycles. The summed E-state index contributed by atoms with van der Waals surface area (Å²) in [5.41, 5.74) is -0.459. The minimum atomic E-state index is -0.613. The molecule has 88 valence electrons. The summed E-state index contributed by atoms with van der Waals surface area (Å²) in [4.78, 5) is 25.4. The molecule has 18 heavy (non-hydrogen) atoms. The third-order valence-electron chi connectivity index (χ3n) is 2.25. The summed E-state index contributed by atoms with van der Waals surface area (Å²) in [6, 6.07) is 11.4. The highest BCUT2D eigenvalue weighted by Gasteiger charge is 2.13. The van der Waals surface area contributed by atoms with E-state index in [4.69, 9.17) is 10.00 Å².